The molecule has 0 aliphatic carbocycles. The Morgan fingerprint density at radius 2 is 1.84 bits per heavy atom. The summed E-state index contributed by atoms with van der Waals surface area (Å²) in [5, 5.41) is 3.49. The molecule has 0 spiro atoms. The largest absolute Gasteiger partial charge is 0.378 e. The van der Waals surface area contributed by atoms with Gasteiger partial charge in [-0.3, -0.25) is 0 Å². The molecule has 0 aliphatic rings. The number of rotatable bonds is 3. The summed E-state index contributed by atoms with van der Waals surface area (Å²) in [6.45, 7) is 3.59. The van der Waals surface area contributed by atoms with E-state index < -0.39 is 0 Å². The van der Waals surface area contributed by atoms with Crippen LogP contribution in [0.1, 0.15) is 24.1 Å². The van der Waals surface area contributed by atoms with Gasteiger partial charge in [0.15, 0.2) is 0 Å². The molecule has 1 atom stereocenters. The van der Waals surface area contributed by atoms with E-state index in [2.05, 4.69) is 5.32 Å². The molecule has 1 nitrogen and oxygen atoms in total. The second-order valence-electron chi connectivity index (χ2n) is 4.50. The Balaban J connectivity index is 2.20. The fourth-order valence-electron chi connectivity index (χ4n) is 1.86. The lowest BCUT2D eigenvalue weighted by Gasteiger charge is -2.17. The minimum absolute atomic E-state index is 0.143. The predicted molar refractivity (Wildman–Crippen MR) is 74.6 cm³/mol. The third kappa shape index (κ3) is 3.24. The molecule has 0 amide bonds. The quantitative estimate of drug-likeness (QED) is 0.825. The molecule has 0 aromatic heterocycles. The van der Waals surface area contributed by atoms with Gasteiger partial charge < -0.3 is 5.32 Å². The van der Waals surface area contributed by atoms with Crippen molar-refractivity contribution < 1.29 is 8.78 Å². The second kappa shape index (κ2) is 5.57. The summed E-state index contributed by atoms with van der Waals surface area (Å²) in [5.74, 6) is -0.635. The van der Waals surface area contributed by atoms with Gasteiger partial charge in [0.1, 0.15) is 11.6 Å². The smallest absolute Gasteiger partial charge is 0.128 e. The van der Waals surface area contributed by atoms with Crippen LogP contribution in [-0.4, -0.2) is 0 Å². The Bertz CT molecular complexity index is 599. The molecule has 2 aromatic rings. The number of hydrogen-bond donors (Lipinski definition) is 1. The van der Waals surface area contributed by atoms with Gasteiger partial charge in [-0.15, -0.1) is 0 Å². The number of hydrogen-bond acceptors (Lipinski definition) is 1. The van der Waals surface area contributed by atoms with Crippen LogP contribution in [0.25, 0.3) is 0 Å². The minimum Gasteiger partial charge on any atom is -0.378 e. The van der Waals surface area contributed by atoms with Gasteiger partial charge in [-0.1, -0.05) is 23.7 Å². The average Bonchev–Trinajstić information content (AvgIpc) is 2.33. The topological polar surface area (TPSA) is 12.0 Å². The molecule has 0 aliphatic heterocycles. The van der Waals surface area contributed by atoms with Crippen molar-refractivity contribution in [2.45, 2.75) is 19.9 Å². The molecule has 0 saturated carbocycles. The van der Waals surface area contributed by atoms with E-state index in [1.54, 1.807) is 25.1 Å². The average molecular weight is 282 g/mol. The summed E-state index contributed by atoms with van der Waals surface area (Å²) in [6, 6.07) is 9.04. The molecule has 1 unspecified atom stereocenters. The highest BCUT2D eigenvalue weighted by Crippen LogP contribution is 2.27. The summed E-state index contributed by atoms with van der Waals surface area (Å²) in [5.41, 5.74) is 2.03. The van der Waals surface area contributed by atoms with Crippen LogP contribution in [0.3, 0.4) is 0 Å². The molecule has 0 bridgehead atoms. The fraction of sp³-hybridized carbons (Fsp3) is 0.200. The lowest BCUT2D eigenvalue weighted by molar-refractivity contribution is 0.618. The Kier molecular flexibility index (Phi) is 4.05. The molecule has 2 aromatic carbocycles. The number of aryl methyl sites for hydroxylation is 1. The Labute approximate surface area is 116 Å². The van der Waals surface area contributed by atoms with Crippen LogP contribution >= 0.6 is 11.6 Å². The van der Waals surface area contributed by atoms with E-state index in [1.165, 1.54) is 18.2 Å². The first-order valence-corrected chi connectivity index (χ1v) is 6.33. The van der Waals surface area contributed by atoms with Crippen molar-refractivity contribution in [3.8, 4) is 0 Å². The van der Waals surface area contributed by atoms with Crippen molar-refractivity contribution in [3.05, 3.63) is 64.2 Å². The Morgan fingerprint density at radius 3 is 2.47 bits per heavy atom. The van der Waals surface area contributed by atoms with Gasteiger partial charge in [-0.05, 0) is 49.2 Å². The molecular weight excluding hydrogens is 268 g/mol. The molecule has 2 rings (SSSR count). The van der Waals surface area contributed by atoms with Gasteiger partial charge in [0.25, 0.3) is 0 Å². The van der Waals surface area contributed by atoms with Crippen LogP contribution in [0.15, 0.2) is 36.4 Å². The summed E-state index contributed by atoms with van der Waals surface area (Å²) in [6.07, 6.45) is 0. The number of nitrogens with one attached hydrogen (secondary N) is 1. The molecule has 19 heavy (non-hydrogen) atoms. The summed E-state index contributed by atoms with van der Waals surface area (Å²) in [4.78, 5) is 0. The Morgan fingerprint density at radius 1 is 1.11 bits per heavy atom. The first kappa shape index (κ1) is 13.8. The van der Waals surface area contributed by atoms with E-state index in [9.17, 15) is 8.78 Å². The zero-order valence-electron chi connectivity index (χ0n) is 10.7. The van der Waals surface area contributed by atoms with Crippen molar-refractivity contribution in [1.82, 2.24) is 0 Å². The van der Waals surface area contributed by atoms with Crippen molar-refractivity contribution in [1.29, 1.82) is 0 Å². The maximum Gasteiger partial charge on any atom is 0.128 e. The Hall–Kier alpha value is -1.61. The van der Waals surface area contributed by atoms with Gasteiger partial charge in [-0.25, -0.2) is 8.78 Å². The van der Waals surface area contributed by atoms with E-state index in [0.29, 0.717) is 16.3 Å². The van der Waals surface area contributed by atoms with Crippen molar-refractivity contribution >= 4 is 17.3 Å². The standard InChI is InChI=1S/C15H14ClF2N/c1-9-3-5-12(8-15(9)18)19-10(2)13-6-4-11(17)7-14(13)16/h3-8,10,19H,1-2H3. The zero-order valence-corrected chi connectivity index (χ0v) is 11.4. The lowest BCUT2D eigenvalue weighted by Crippen LogP contribution is -2.07. The van der Waals surface area contributed by atoms with Crippen LogP contribution in [0.2, 0.25) is 5.02 Å². The van der Waals surface area contributed by atoms with Gasteiger partial charge in [0.05, 0.1) is 0 Å². The minimum atomic E-state index is -0.373. The van der Waals surface area contributed by atoms with Crippen LogP contribution in [0.4, 0.5) is 14.5 Å². The SMILES string of the molecule is Cc1ccc(NC(C)c2ccc(F)cc2Cl)cc1F. The van der Waals surface area contributed by atoms with Crippen LogP contribution in [0, 0.1) is 18.6 Å². The number of benzene rings is 2. The lowest BCUT2D eigenvalue weighted by atomic mass is 10.1. The molecule has 4 heteroatoms. The highest BCUT2D eigenvalue weighted by atomic mass is 35.5. The first-order chi connectivity index (χ1) is 8.97. The summed E-state index contributed by atoms with van der Waals surface area (Å²) in [7, 11) is 0. The van der Waals surface area contributed by atoms with Gasteiger partial charge in [-0.2, -0.15) is 0 Å². The molecule has 0 fully saturated rings. The van der Waals surface area contributed by atoms with E-state index in [1.807, 2.05) is 6.92 Å². The maximum absolute atomic E-state index is 13.4. The normalized spacial score (nSPS) is 12.3. The van der Waals surface area contributed by atoms with Gasteiger partial charge in [0.2, 0.25) is 0 Å². The van der Waals surface area contributed by atoms with Crippen molar-refractivity contribution in [3.63, 3.8) is 0 Å². The van der Waals surface area contributed by atoms with Gasteiger partial charge >= 0.3 is 0 Å². The highest BCUT2D eigenvalue weighted by molar-refractivity contribution is 6.31. The van der Waals surface area contributed by atoms with Crippen LogP contribution in [-0.2, 0) is 0 Å². The second-order valence-corrected chi connectivity index (χ2v) is 4.90. The monoisotopic (exact) mass is 281 g/mol. The molecule has 0 heterocycles. The molecule has 100 valence electrons. The third-order valence-corrected chi connectivity index (χ3v) is 3.31. The van der Waals surface area contributed by atoms with Crippen molar-refractivity contribution in [2.75, 3.05) is 5.32 Å². The van der Waals surface area contributed by atoms with E-state index in [-0.39, 0.29) is 17.7 Å². The predicted octanol–water partition coefficient (Wildman–Crippen LogP) is 5.10. The molecular formula is C15H14ClF2N. The fourth-order valence-corrected chi connectivity index (χ4v) is 2.19. The molecule has 1 N–H and O–H groups in total. The van der Waals surface area contributed by atoms with Crippen LogP contribution in [0.5, 0.6) is 0 Å². The van der Waals surface area contributed by atoms with Crippen LogP contribution < -0.4 is 5.32 Å². The number of anilines is 1. The highest BCUT2D eigenvalue weighted by Gasteiger charge is 2.11. The zero-order chi connectivity index (χ0) is 14.0. The van der Waals surface area contributed by atoms with Gasteiger partial charge in [0, 0.05) is 16.8 Å². The first-order valence-electron chi connectivity index (χ1n) is 5.95. The molecule has 0 saturated heterocycles. The third-order valence-electron chi connectivity index (χ3n) is 2.98. The summed E-state index contributed by atoms with van der Waals surface area (Å²) >= 11 is 5.99. The molecule has 0 radical (unpaired) electrons. The maximum atomic E-state index is 13.4. The number of halogens is 3. The van der Waals surface area contributed by atoms with Crippen molar-refractivity contribution in [2.24, 2.45) is 0 Å². The summed E-state index contributed by atoms with van der Waals surface area (Å²) < 4.78 is 26.4. The van der Waals surface area contributed by atoms with E-state index >= 15 is 0 Å². The van der Waals surface area contributed by atoms with E-state index in [4.69, 9.17) is 11.6 Å². The van der Waals surface area contributed by atoms with E-state index in [0.717, 1.165) is 5.56 Å².